The molecule has 3 rings (SSSR count). The number of hydrogen-bond acceptors (Lipinski definition) is 5. The minimum absolute atomic E-state index is 0.0460. The number of piperazine rings is 1. The number of amides is 2. The molecule has 146 valence electrons. The molecule has 1 aliphatic heterocycles. The smallest absolute Gasteiger partial charge is 0.294 e. The first-order valence-electron chi connectivity index (χ1n) is 8.71. The van der Waals surface area contributed by atoms with Gasteiger partial charge in [0, 0.05) is 55.4 Å². The van der Waals surface area contributed by atoms with E-state index in [9.17, 15) is 19.7 Å². The average molecular weight is 403 g/mol. The van der Waals surface area contributed by atoms with E-state index in [-0.39, 0.29) is 17.5 Å². The third-order valence-electron chi connectivity index (χ3n) is 4.47. The molecule has 1 heterocycles. The van der Waals surface area contributed by atoms with E-state index in [2.05, 4.69) is 5.32 Å². The van der Waals surface area contributed by atoms with E-state index in [1.165, 1.54) is 13.0 Å². The van der Waals surface area contributed by atoms with E-state index >= 15 is 0 Å². The van der Waals surface area contributed by atoms with Crippen molar-refractivity contribution in [3.05, 3.63) is 63.2 Å². The number of carbonyl (C=O) groups excluding carboxylic acids is 2. The van der Waals surface area contributed by atoms with Gasteiger partial charge < -0.3 is 15.1 Å². The highest BCUT2D eigenvalue weighted by Crippen LogP contribution is 2.31. The maximum atomic E-state index is 12.8. The van der Waals surface area contributed by atoms with Crippen LogP contribution in [0.2, 0.25) is 5.02 Å². The van der Waals surface area contributed by atoms with Crippen molar-refractivity contribution < 1.29 is 14.5 Å². The lowest BCUT2D eigenvalue weighted by Gasteiger charge is -2.35. The van der Waals surface area contributed by atoms with E-state index in [1.807, 2.05) is 4.90 Å². The summed E-state index contributed by atoms with van der Waals surface area (Å²) in [7, 11) is 0. The number of nitrogens with one attached hydrogen (secondary N) is 1. The Morgan fingerprint density at radius 1 is 1.11 bits per heavy atom. The number of nitrogens with zero attached hydrogens (tertiary/aromatic N) is 3. The molecule has 1 aliphatic rings. The minimum atomic E-state index is -0.452. The molecule has 0 spiro atoms. The summed E-state index contributed by atoms with van der Waals surface area (Å²) in [5.41, 5.74) is 1.50. The molecule has 28 heavy (non-hydrogen) atoms. The van der Waals surface area contributed by atoms with E-state index in [1.54, 1.807) is 41.3 Å². The first-order chi connectivity index (χ1) is 13.3. The molecule has 2 aromatic rings. The Bertz CT molecular complexity index is 926. The quantitative estimate of drug-likeness (QED) is 0.626. The molecule has 8 nitrogen and oxygen atoms in total. The second-order valence-electron chi connectivity index (χ2n) is 6.43. The molecule has 0 aromatic heterocycles. The zero-order valence-electron chi connectivity index (χ0n) is 15.2. The van der Waals surface area contributed by atoms with Crippen LogP contribution in [0.15, 0.2) is 42.5 Å². The minimum Gasteiger partial charge on any atom is -0.362 e. The van der Waals surface area contributed by atoms with Crippen LogP contribution in [0.3, 0.4) is 0 Å². The number of halogens is 1. The fourth-order valence-electron chi connectivity index (χ4n) is 3.18. The summed E-state index contributed by atoms with van der Waals surface area (Å²) in [5, 5.41) is 14.3. The van der Waals surface area contributed by atoms with Crippen LogP contribution >= 0.6 is 11.6 Å². The second kappa shape index (κ2) is 8.26. The van der Waals surface area contributed by atoms with Gasteiger partial charge in [-0.25, -0.2) is 0 Å². The van der Waals surface area contributed by atoms with Crippen LogP contribution in [0, 0.1) is 10.1 Å². The van der Waals surface area contributed by atoms with Gasteiger partial charge in [0.05, 0.1) is 4.92 Å². The van der Waals surface area contributed by atoms with Gasteiger partial charge in [-0.1, -0.05) is 17.7 Å². The van der Waals surface area contributed by atoms with Crippen LogP contribution in [0.1, 0.15) is 17.3 Å². The fourth-order valence-corrected chi connectivity index (χ4v) is 3.34. The van der Waals surface area contributed by atoms with Crippen LogP contribution in [0.25, 0.3) is 0 Å². The van der Waals surface area contributed by atoms with Gasteiger partial charge in [-0.05, 0) is 30.3 Å². The maximum absolute atomic E-state index is 12.8. The van der Waals surface area contributed by atoms with Gasteiger partial charge in [-0.3, -0.25) is 19.7 Å². The van der Waals surface area contributed by atoms with Gasteiger partial charge in [0.2, 0.25) is 5.91 Å². The van der Waals surface area contributed by atoms with E-state index in [0.717, 1.165) is 0 Å². The summed E-state index contributed by atoms with van der Waals surface area (Å²) in [4.78, 5) is 38.4. The SMILES string of the molecule is CC(=O)Nc1cccc(C(=O)N2CCN(c3ccc(Cl)cc3[N+](=O)[O-])CC2)c1. The lowest BCUT2D eigenvalue weighted by molar-refractivity contribution is -0.384. The van der Waals surface area contributed by atoms with Crippen molar-refractivity contribution in [3.8, 4) is 0 Å². The van der Waals surface area contributed by atoms with Crippen LogP contribution in [-0.2, 0) is 4.79 Å². The summed E-state index contributed by atoms with van der Waals surface area (Å²) in [6, 6.07) is 11.4. The van der Waals surface area contributed by atoms with Crippen molar-refractivity contribution in [3.63, 3.8) is 0 Å². The van der Waals surface area contributed by atoms with Gasteiger partial charge in [-0.2, -0.15) is 0 Å². The van der Waals surface area contributed by atoms with E-state index in [0.29, 0.717) is 48.1 Å². The van der Waals surface area contributed by atoms with Crippen LogP contribution in [0.4, 0.5) is 17.1 Å². The topological polar surface area (TPSA) is 95.8 Å². The highest BCUT2D eigenvalue weighted by atomic mass is 35.5. The molecule has 0 radical (unpaired) electrons. The van der Waals surface area contributed by atoms with Crippen LogP contribution in [-0.4, -0.2) is 47.8 Å². The van der Waals surface area contributed by atoms with Crippen molar-refractivity contribution in [2.75, 3.05) is 36.4 Å². The molecule has 1 saturated heterocycles. The van der Waals surface area contributed by atoms with Crippen LogP contribution in [0.5, 0.6) is 0 Å². The third kappa shape index (κ3) is 4.40. The lowest BCUT2D eigenvalue weighted by Crippen LogP contribution is -2.49. The molecule has 9 heteroatoms. The summed E-state index contributed by atoms with van der Waals surface area (Å²) in [6.45, 7) is 3.22. The van der Waals surface area contributed by atoms with Crippen molar-refractivity contribution in [1.82, 2.24) is 4.90 Å². The number of carbonyl (C=O) groups is 2. The Labute approximate surface area is 166 Å². The molecule has 0 unspecified atom stereocenters. The summed E-state index contributed by atoms with van der Waals surface area (Å²) in [5.74, 6) is -0.347. The van der Waals surface area contributed by atoms with Gasteiger partial charge in [-0.15, -0.1) is 0 Å². The van der Waals surface area contributed by atoms with Gasteiger partial charge >= 0.3 is 0 Å². The normalized spacial score (nSPS) is 13.9. The molecular formula is C19H19ClN4O4. The predicted octanol–water partition coefficient (Wildman–Crippen LogP) is 3.17. The van der Waals surface area contributed by atoms with Crippen LogP contribution < -0.4 is 10.2 Å². The van der Waals surface area contributed by atoms with E-state index < -0.39 is 4.92 Å². The number of nitro benzene ring substituents is 1. The molecule has 0 atom stereocenters. The highest BCUT2D eigenvalue weighted by Gasteiger charge is 2.26. The standard InChI is InChI=1S/C19H19ClN4O4/c1-13(25)21-16-4-2-3-14(11-16)19(26)23-9-7-22(8-10-23)17-6-5-15(20)12-18(17)24(27)28/h2-6,11-12H,7-10H2,1H3,(H,21,25). The van der Waals surface area contributed by atoms with E-state index in [4.69, 9.17) is 11.6 Å². The third-order valence-corrected chi connectivity index (χ3v) is 4.71. The highest BCUT2D eigenvalue weighted by molar-refractivity contribution is 6.30. The largest absolute Gasteiger partial charge is 0.362 e. The zero-order valence-corrected chi connectivity index (χ0v) is 16.0. The Morgan fingerprint density at radius 2 is 1.82 bits per heavy atom. The second-order valence-corrected chi connectivity index (χ2v) is 6.87. The molecule has 1 fully saturated rings. The number of hydrogen-bond donors (Lipinski definition) is 1. The number of anilines is 2. The summed E-state index contributed by atoms with van der Waals surface area (Å²) >= 11 is 5.87. The molecule has 2 amide bonds. The monoisotopic (exact) mass is 402 g/mol. The first kappa shape index (κ1) is 19.6. The Balaban J connectivity index is 1.70. The molecule has 2 aromatic carbocycles. The average Bonchev–Trinajstić information content (AvgIpc) is 2.67. The maximum Gasteiger partial charge on any atom is 0.294 e. The lowest BCUT2D eigenvalue weighted by atomic mass is 10.1. The van der Waals surface area contributed by atoms with Gasteiger partial charge in [0.15, 0.2) is 0 Å². The Morgan fingerprint density at radius 3 is 2.46 bits per heavy atom. The van der Waals surface area contributed by atoms with Crippen molar-refractivity contribution in [1.29, 1.82) is 0 Å². The number of rotatable bonds is 4. The summed E-state index contributed by atoms with van der Waals surface area (Å²) < 4.78 is 0. The van der Waals surface area contributed by atoms with Gasteiger partial charge in [0.25, 0.3) is 11.6 Å². The van der Waals surface area contributed by atoms with Gasteiger partial charge in [0.1, 0.15) is 5.69 Å². The molecule has 1 N–H and O–H groups in total. The molecular weight excluding hydrogens is 384 g/mol. The summed E-state index contributed by atoms with van der Waals surface area (Å²) in [6.07, 6.45) is 0. The molecule has 0 aliphatic carbocycles. The van der Waals surface area contributed by atoms with Crippen molar-refractivity contribution in [2.45, 2.75) is 6.92 Å². The predicted molar refractivity (Wildman–Crippen MR) is 107 cm³/mol. The first-order valence-corrected chi connectivity index (χ1v) is 9.09. The zero-order chi connectivity index (χ0) is 20.3. The Hall–Kier alpha value is -3.13. The fraction of sp³-hybridized carbons (Fsp3) is 0.263. The van der Waals surface area contributed by atoms with Crippen molar-refractivity contribution >= 4 is 40.5 Å². The molecule has 0 bridgehead atoms. The number of benzene rings is 2. The number of nitro groups is 1. The Kier molecular flexibility index (Phi) is 5.79. The molecule has 0 saturated carbocycles. The van der Waals surface area contributed by atoms with Crippen molar-refractivity contribution in [2.24, 2.45) is 0 Å².